The monoisotopic (exact) mass is 545 g/mol. The molecule has 2 aliphatic heterocycles. The molecular formula is C30H42F3N5O. The number of halogens is 3. The summed E-state index contributed by atoms with van der Waals surface area (Å²) in [6.07, 6.45) is -0.490. The van der Waals surface area contributed by atoms with E-state index in [1.807, 2.05) is 4.90 Å². The predicted molar refractivity (Wildman–Crippen MR) is 152 cm³/mol. The fourth-order valence-corrected chi connectivity index (χ4v) is 5.42. The van der Waals surface area contributed by atoms with Crippen molar-refractivity contribution < 1.29 is 18.0 Å². The zero-order chi connectivity index (χ0) is 28.2. The summed E-state index contributed by atoms with van der Waals surface area (Å²) in [6, 6.07) is 13.1. The van der Waals surface area contributed by atoms with E-state index >= 15 is 0 Å². The second kappa shape index (κ2) is 12.1. The van der Waals surface area contributed by atoms with E-state index in [1.165, 1.54) is 11.6 Å². The SMILES string of the molecule is CC(C)(C)c1ccc(NC2CCN(CCC(=O)N3CCC(Nc4ccc(N)c(C(F)(F)F)c4)CC3)CC2)cc1. The normalized spacial score (nSPS) is 18.3. The van der Waals surface area contributed by atoms with E-state index < -0.39 is 11.7 Å². The van der Waals surface area contributed by atoms with Gasteiger partial charge in [-0.05, 0) is 67.0 Å². The molecule has 0 aliphatic carbocycles. The second-order valence-electron chi connectivity index (χ2n) is 11.9. The minimum atomic E-state index is -4.48. The van der Waals surface area contributed by atoms with Gasteiger partial charge in [-0.3, -0.25) is 4.79 Å². The molecule has 0 aromatic heterocycles. The maximum Gasteiger partial charge on any atom is 0.418 e. The number of alkyl halides is 3. The van der Waals surface area contributed by atoms with Crippen LogP contribution in [0.2, 0.25) is 0 Å². The third-order valence-corrected chi connectivity index (χ3v) is 7.93. The molecule has 2 fully saturated rings. The Labute approximate surface area is 230 Å². The smallest absolute Gasteiger partial charge is 0.398 e. The van der Waals surface area contributed by atoms with Crippen molar-refractivity contribution in [3.8, 4) is 0 Å². The van der Waals surface area contributed by atoms with Crippen molar-refractivity contribution in [2.75, 3.05) is 49.1 Å². The molecule has 2 aromatic rings. The Kier molecular flexibility index (Phi) is 8.99. The average Bonchev–Trinajstić information content (AvgIpc) is 2.89. The van der Waals surface area contributed by atoms with Gasteiger partial charge in [-0.25, -0.2) is 0 Å². The lowest BCUT2D eigenvalue weighted by Gasteiger charge is -2.35. The Morgan fingerprint density at radius 2 is 1.41 bits per heavy atom. The molecule has 0 bridgehead atoms. The minimum absolute atomic E-state index is 0.0231. The van der Waals surface area contributed by atoms with E-state index in [1.54, 1.807) is 6.07 Å². The first kappa shape index (κ1) is 29.1. The molecule has 2 aromatic carbocycles. The van der Waals surface area contributed by atoms with Gasteiger partial charge in [-0.1, -0.05) is 32.9 Å². The maximum atomic E-state index is 13.1. The number of carbonyl (C=O) groups is 1. The molecule has 4 rings (SSSR count). The van der Waals surface area contributed by atoms with E-state index in [4.69, 9.17) is 5.73 Å². The number of nitrogens with one attached hydrogen (secondary N) is 2. The van der Waals surface area contributed by atoms with Crippen molar-refractivity contribution in [2.45, 2.75) is 76.6 Å². The summed E-state index contributed by atoms with van der Waals surface area (Å²) in [5.41, 5.74) is 7.44. The standard InChI is InChI=1S/C30H42F3N5O/c1-29(2,3)21-4-6-22(7-5-21)35-23-10-15-37(16-11-23)17-14-28(39)38-18-12-24(13-19-38)36-25-8-9-27(34)26(20-25)30(31,32)33/h4-9,20,23-24,35-36H,10-19,34H2,1-3H3. The van der Waals surface area contributed by atoms with Crippen LogP contribution in [0.1, 0.15) is 64.0 Å². The molecule has 9 heteroatoms. The summed E-state index contributed by atoms with van der Waals surface area (Å²) in [5, 5.41) is 6.85. The fourth-order valence-electron chi connectivity index (χ4n) is 5.42. The molecular weight excluding hydrogens is 503 g/mol. The number of carbonyl (C=O) groups excluding carboxylic acids is 1. The first-order valence-corrected chi connectivity index (χ1v) is 14.0. The van der Waals surface area contributed by atoms with Gasteiger partial charge in [0.15, 0.2) is 0 Å². The highest BCUT2D eigenvalue weighted by atomic mass is 19.4. The van der Waals surface area contributed by atoms with E-state index in [0.29, 0.717) is 44.1 Å². The van der Waals surface area contributed by atoms with Crippen molar-refractivity contribution in [3.05, 3.63) is 53.6 Å². The quantitative estimate of drug-likeness (QED) is 0.375. The van der Waals surface area contributed by atoms with Crippen molar-refractivity contribution >= 4 is 23.0 Å². The molecule has 0 atom stereocenters. The van der Waals surface area contributed by atoms with E-state index in [9.17, 15) is 18.0 Å². The summed E-state index contributed by atoms with van der Waals surface area (Å²) in [7, 11) is 0. The maximum absolute atomic E-state index is 13.1. The predicted octanol–water partition coefficient (Wildman–Crippen LogP) is 5.95. The summed E-state index contributed by atoms with van der Waals surface area (Å²) >= 11 is 0. The lowest BCUT2D eigenvalue weighted by Crippen LogP contribution is -2.44. The Balaban J connectivity index is 1.15. The number of rotatable bonds is 7. The number of piperidine rings is 2. The summed E-state index contributed by atoms with van der Waals surface area (Å²) in [5.74, 6) is 0.152. The molecule has 0 saturated carbocycles. The van der Waals surface area contributed by atoms with Gasteiger partial charge in [-0.15, -0.1) is 0 Å². The Morgan fingerprint density at radius 3 is 1.97 bits per heavy atom. The van der Waals surface area contributed by atoms with Crippen LogP contribution in [0.4, 0.5) is 30.2 Å². The molecule has 214 valence electrons. The summed E-state index contributed by atoms with van der Waals surface area (Å²) in [6.45, 7) is 10.6. The lowest BCUT2D eigenvalue weighted by atomic mass is 9.87. The number of nitrogens with zero attached hydrogens (tertiary/aromatic N) is 2. The Bertz CT molecular complexity index is 1100. The third kappa shape index (κ3) is 8.03. The number of benzene rings is 2. The van der Waals surface area contributed by atoms with Crippen LogP contribution < -0.4 is 16.4 Å². The van der Waals surface area contributed by atoms with Gasteiger partial charge in [0.1, 0.15) is 0 Å². The number of hydrogen-bond acceptors (Lipinski definition) is 5. The summed E-state index contributed by atoms with van der Waals surface area (Å²) in [4.78, 5) is 17.1. The number of likely N-dealkylation sites (tertiary alicyclic amines) is 2. The number of hydrogen-bond donors (Lipinski definition) is 3. The van der Waals surface area contributed by atoms with Crippen molar-refractivity contribution in [1.82, 2.24) is 9.80 Å². The minimum Gasteiger partial charge on any atom is -0.398 e. The van der Waals surface area contributed by atoms with Gasteiger partial charge in [0, 0.05) is 68.3 Å². The summed E-state index contributed by atoms with van der Waals surface area (Å²) < 4.78 is 39.4. The Morgan fingerprint density at radius 1 is 0.872 bits per heavy atom. The first-order chi connectivity index (χ1) is 18.4. The van der Waals surface area contributed by atoms with Crippen LogP contribution in [-0.2, 0) is 16.4 Å². The van der Waals surface area contributed by atoms with Crippen molar-refractivity contribution in [3.63, 3.8) is 0 Å². The zero-order valence-electron chi connectivity index (χ0n) is 23.3. The second-order valence-corrected chi connectivity index (χ2v) is 11.9. The fraction of sp³-hybridized carbons (Fsp3) is 0.567. The number of nitrogens with two attached hydrogens (primary N) is 1. The molecule has 2 heterocycles. The molecule has 6 nitrogen and oxygen atoms in total. The van der Waals surface area contributed by atoms with Gasteiger partial charge in [-0.2, -0.15) is 13.2 Å². The molecule has 2 aliphatic rings. The van der Waals surface area contributed by atoms with Crippen LogP contribution in [0.3, 0.4) is 0 Å². The van der Waals surface area contributed by atoms with E-state index in [0.717, 1.165) is 44.2 Å². The first-order valence-electron chi connectivity index (χ1n) is 14.0. The van der Waals surface area contributed by atoms with Crippen LogP contribution in [0, 0.1) is 0 Å². The van der Waals surface area contributed by atoms with Crippen LogP contribution in [0.25, 0.3) is 0 Å². The topological polar surface area (TPSA) is 73.6 Å². The molecule has 0 unspecified atom stereocenters. The lowest BCUT2D eigenvalue weighted by molar-refractivity contribution is -0.137. The van der Waals surface area contributed by atoms with Crippen LogP contribution in [-0.4, -0.2) is 60.5 Å². The van der Waals surface area contributed by atoms with E-state index in [2.05, 4.69) is 60.6 Å². The number of anilines is 3. The van der Waals surface area contributed by atoms with Gasteiger partial charge in [0.25, 0.3) is 0 Å². The number of nitrogen functional groups attached to an aromatic ring is 1. The third-order valence-electron chi connectivity index (χ3n) is 7.93. The molecule has 4 N–H and O–H groups in total. The zero-order valence-corrected chi connectivity index (χ0v) is 23.3. The van der Waals surface area contributed by atoms with Gasteiger partial charge >= 0.3 is 6.18 Å². The van der Waals surface area contributed by atoms with Crippen molar-refractivity contribution in [2.24, 2.45) is 0 Å². The largest absolute Gasteiger partial charge is 0.418 e. The van der Waals surface area contributed by atoms with Gasteiger partial charge in [0.2, 0.25) is 5.91 Å². The highest BCUT2D eigenvalue weighted by Crippen LogP contribution is 2.35. The van der Waals surface area contributed by atoms with Crippen molar-refractivity contribution in [1.29, 1.82) is 0 Å². The van der Waals surface area contributed by atoms with Gasteiger partial charge in [0.05, 0.1) is 5.56 Å². The number of amides is 1. The van der Waals surface area contributed by atoms with Crippen LogP contribution in [0.15, 0.2) is 42.5 Å². The molecule has 39 heavy (non-hydrogen) atoms. The molecule has 2 saturated heterocycles. The van der Waals surface area contributed by atoms with Gasteiger partial charge < -0.3 is 26.2 Å². The molecule has 0 spiro atoms. The molecule has 0 radical (unpaired) electrons. The molecule has 1 amide bonds. The highest BCUT2D eigenvalue weighted by Gasteiger charge is 2.33. The van der Waals surface area contributed by atoms with Crippen LogP contribution >= 0.6 is 0 Å². The Hall–Kier alpha value is -2.94. The van der Waals surface area contributed by atoms with Crippen LogP contribution in [0.5, 0.6) is 0 Å². The highest BCUT2D eigenvalue weighted by molar-refractivity contribution is 5.76. The average molecular weight is 546 g/mol. The van der Waals surface area contributed by atoms with E-state index in [-0.39, 0.29) is 23.1 Å².